The van der Waals surface area contributed by atoms with Gasteiger partial charge in [-0.2, -0.15) is 0 Å². The van der Waals surface area contributed by atoms with Crippen LogP contribution in [0.5, 0.6) is 0 Å². The molecule has 0 aromatic heterocycles. The topological polar surface area (TPSA) is 9.23 Å². The van der Waals surface area contributed by atoms with E-state index in [0.717, 1.165) is 0 Å². The third-order valence-corrected chi connectivity index (χ3v) is 2.82. The van der Waals surface area contributed by atoms with Crippen LogP contribution in [-0.4, -0.2) is 0 Å². The van der Waals surface area contributed by atoms with Crippen LogP contribution < -0.4 is 0 Å². The highest BCUT2D eigenvalue weighted by Gasteiger charge is 2.36. The number of fused-ring (bicyclic) bond motifs is 1. The lowest BCUT2D eigenvalue weighted by Crippen LogP contribution is -2.16. The minimum atomic E-state index is -0.111. The first-order valence-electron chi connectivity index (χ1n) is 4.80. The fraction of sp³-hybridized carbons (Fsp3) is 0.500. The standard InChI is InChI=1S/C12H16O/c1-8-6-5-7-10-9(2)13-12(3,4)11(8)10/h5-7,9H,1-4H3. The van der Waals surface area contributed by atoms with Crippen LogP contribution >= 0.6 is 0 Å². The quantitative estimate of drug-likeness (QED) is 0.589. The largest absolute Gasteiger partial charge is 0.363 e. The fourth-order valence-corrected chi connectivity index (χ4v) is 2.42. The third kappa shape index (κ3) is 1.19. The van der Waals surface area contributed by atoms with Gasteiger partial charge in [-0.05, 0) is 44.4 Å². The Bertz CT molecular complexity index is 339. The summed E-state index contributed by atoms with van der Waals surface area (Å²) in [6.45, 7) is 8.56. The van der Waals surface area contributed by atoms with Gasteiger partial charge in [0.25, 0.3) is 0 Å². The summed E-state index contributed by atoms with van der Waals surface area (Å²) in [5.41, 5.74) is 3.96. The molecular weight excluding hydrogens is 160 g/mol. The van der Waals surface area contributed by atoms with Crippen molar-refractivity contribution in [3.8, 4) is 0 Å². The maximum absolute atomic E-state index is 5.90. The summed E-state index contributed by atoms with van der Waals surface area (Å²) in [5, 5.41) is 0. The van der Waals surface area contributed by atoms with Crippen molar-refractivity contribution in [1.29, 1.82) is 0 Å². The lowest BCUT2D eigenvalue weighted by Gasteiger charge is -2.20. The van der Waals surface area contributed by atoms with E-state index in [1.165, 1.54) is 16.7 Å². The lowest BCUT2D eigenvalue weighted by atomic mass is 9.91. The Morgan fingerprint density at radius 1 is 1.31 bits per heavy atom. The second-order valence-corrected chi connectivity index (χ2v) is 4.31. The molecule has 0 amide bonds. The molecule has 1 aliphatic rings. The molecule has 0 radical (unpaired) electrons. The minimum absolute atomic E-state index is 0.111. The van der Waals surface area contributed by atoms with Gasteiger partial charge in [0, 0.05) is 0 Å². The van der Waals surface area contributed by atoms with Gasteiger partial charge in [-0.1, -0.05) is 18.2 Å². The number of hydrogen-bond acceptors (Lipinski definition) is 1. The molecule has 1 heteroatoms. The summed E-state index contributed by atoms with van der Waals surface area (Å²) < 4.78 is 5.90. The monoisotopic (exact) mass is 176 g/mol. The molecule has 70 valence electrons. The molecule has 1 aromatic rings. The molecule has 1 aromatic carbocycles. The summed E-state index contributed by atoms with van der Waals surface area (Å²) in [6, 6.07) is 6.43. The van der Waals surface area contributed by atoms with Gasteiger partial charge in [-0.3, -0.25) is 0 Å². The van der Waals surface area contributed by atoms with Crippen molar-refractivity contribution >= 4 is 0 Å². The number of benzene rings is 1. The maximum atomic E-state index is 5.90. The Hall–Kier alpha value is -0.820. The highest BCUT2D eigenvalue weighted by molar-refractivity contribution is 5.42. The molecule has 0 spiro atoms. The van der Waals surface area contributed by atoms with E-state index in [0.29, 0.717) is 0 Å². The van der Waals surface area contributed by atoms with Crippen molar-refractivity contribution in [2.24, 2.45) is 0 Å². The molecule has 0 aliphatic carbocycles. The second kappa shape index (κ2) is 2.58. The summed E-state index contributed by atoms with van der Waals surface area (Å²) in [7, 11) is 0. The zero-order chi connectivity index (χ0) is 9.64. The molecule has 1 heterocycles. The molecular formula is C12H16O. The Balaban J connectivity index is 2.66. The molecule has 1 atom stereocenters. The van der Waals surface area contributed by atoms with Crippen LogP contribution in [0.15, 0.2) is 18.2 Å². The summed E-state index contributed by atoms with van der Waals surface area (Å²) in [6.07, 6.45) is 0.241. The van der Waals surface area contributed by atoms with Gasteiger partial charge in [0.2, 0.25) is 0 Å². The molecule has 13 heavy (non-hydrogen) atoms. The van der Waals surface area contributed by atoms with Crippen molar-refractivity contribution in [2.75, 3.05) is 0 Å². The average Bonchev–Trinajstić information content (AvgIpc) is 2.24. The molecule has 2 rings (SSSR count). The molecule has 0 saturated carbocycles. The molecule has 1 aliphatic heterocycles. The Kier molecular flexibility index (Phi) is 1.74. The molecule has 0 saturated heterocycles. The van der Waals surface area contributed by atoms with E-state index >= 15 is 0 Å². The van der Waals surface area contributed by atoms with Crippen molar-refractivity contribution < 1.29 is 4.74 Å². The molecule has 0 N–H and O–H groups in total. The van der Waals surface area contributed by atoms with Crippen molar-refractivity contribution in [3.05, 3.63) is 34.9 Å². The average molecular weight is 176 g/mol. The maximum Gasteiger partial charge on any atom is 0.0889 e. The van der Waals surface area contributed by atoms with Crippen molar-refractivity contribution in [1.82, 2.24) is 0 Å². The molecule has 0 bridgehead atoms. The summed E-state index contributed by atoms with van der Waals surface area (Å²) >= 11 is 0. The highest BCUT2D eigenvalue weighted by Crippen LogP contribution is 2.44. The molecule has 1 nitrogen and oxygen atoms in total. The number of aryl methyl sites for hydroxylation is 1. The summed E-state index contributed by atoms with van der Waals surface area (Å²) in [5.74, 6) is 0. The molecule has 1 unspecified atom stereocenters. The lowest BCUT2D eigenvalue weighted by molar-refractivity contribution is -0.0437. The SMILES string of the molecule is Cc1cccc2c1C(C)(C)OC2C. The van der Waals surface area contributed by atoms with Crippen LogP contribution in [-0.2, 0) is 10.3 Å². The van der Waals surface area contributed by atoms with Gasteiger partial charge < -0.3 is 4.74 Å². The minimum Gasteiger partial charge on any atom is -0.363 e. The van der Waals surface area contributed by atoms with Gasteiger partial charge in [0.1, 0.15) is 0 Å². The van der Waals surface area contributed by atoms with Gasteiger partial charge in [-0.25, -0.2) is 0 Å². The normalized spacial score (nSPS) is 24.5. The van der Waals surface area contributed by atoms with E-state index in [9.17, 15) is 0 Å². The van der Waals surface area contributed by atoms with Crippen LogP contribution in [0.2, 0.25) is 0 Å². The number of hydrogen-bond donors (Lipinski definition) is 0. The van der Waals surface area contributed by atoms with Crippen molar-refractivity contribution in [3.63, 3.8) is 0 Å². The second-order valence-electron chi connectivity index (χ2n) is 4.31. The van der Waals surface area contributed by atoms with Crippen LogP contribution in [0.4, 0.5) is 0 Å². The van der Waals surface area contributed by atoms with E-state index in [2.05, 4.69) is 45.9 Å². The van der Waals surface area contributed by atoms with Crippen LogP contribution in [0.1, 0.15) is 43.6 Å². The fourth-order valence-electron chi connectivity index (χ4n) is 2.42. The van der Waals surface area contributed by atoms with Crippen LogP contribution in [0, 0.1) is 6.92 Å². The number of rotatable bonds is 0. The van der Waals surface area contributed by atoms with Crippen LogP contribution in [0.3, 0.4) is 0 Å². The Labute approximate surface area is 79.7 Å². The zero-order valence-electron chi connectivity index (χ0n) is 8.72. The highest BCUT2D eigenvalue weighted by atomic mass is 16.5. The smallest absolute Gasteiger partial charge is 0.0889 e. The summed E-state index contributed by atoms with van der Waals surface area (Å²) in [4.78, 5) is 0. The first-order valence-corrected chi connectivity index (χ1v) is 4.80. The van der Waals surface area contributed by atoms with Gasteiger partial charge >= 0.3 is 0 Å². The van der Waals surface area contributed by atoms with Gasteiger partial charge in [-0.15, -0.1) is 0 Å². The first kappa shape index (κ1) is 8.76. The Morgan fingerprint density at radius 2 is 2.00 bits per heavy atom. The van der Waals surface area contributed by atoms with E-state index in [4.69, 9.17) is 4.74 Å². The van der Waals surface area contributed by atoms with Crippen molar-refractivity contribution in [2.45, 2.75) is 39.4 Å². The van der Waals surface area contributed by atoms with Gasteiger partial charge in [0.15, 0.2) is 0 Å². The van der Waals surface area contributed by atoms with E-state index in [1.807, 2.05) is 0 Å². The third-order valence-electron chi connectivity index (χ3n) is 2.82. The van der Waals surface area contributed by atoms with E-state index in [-0.39, 0.29) is 11.7 Å². The van der Waals surface area contributed by atoms with E-state index in [1.54, 1.807) is 0 Å². The first-order chi connectivity index (χ1) is 6.02. The zero-order valence-corrected chi connectivity index (χ0v) is 8.72. The van der Waals surface area contributed by atoms with Crippen LogP contribution in [0.25, 0.3) is 0 Å². The van der Waals surface area contributed by atoms with Gasteiger partial charge in [0.05, 0.1) is 11.7 Å². The predicted octanol–water partition coefficient (Wildman–Crippen LogP) is 3.32. The predicted molar refractivity (Wildman–Crippen MR) is 53.7 cm³/mol. The van der Waals surface area contributed by atoms with E-state index < -0.39 is 0 Å². The molecule has 0 fully saturated rings. The Morgan fingerprint density at radius 3 is 2.62 bits per heavy atom. The number of ether oxygens (including phenoxy) is 1.